The molecule has 0 N–H and O–H groups in total. The highest BCUT2D eigenvalue weighted by molar-refractivity contribution is 7.99. The van der Waals surface area contributed by atoms with Crippen LogP contribution in [0.5, 0.6) is 0 Å². The molecule has 1 fully saturated rings. The topological polar surface area (TPSA) is 78.9 Å². The van der Waals surface area contributed by atoms with E-state index in [1.807, 2.05) is 41.8 Å². The van der Waals surface area contributed by atoms with Crippen LogP contribution < -0.4 is 0 Å². The summed E-state index contributed by atoms with van der Waals surface area (Å²) in [6, 6.07) is 16.0. The van der Waals surface area contributed by atoms with Gasteiger partial charge in [-0.25, -0.2) is 4.39 Å². The Labute approximate surface area is 189 Å². The molecule has 0 radical (unpaired) electrons. The summed E-state index contributed by atoms with van der Waals surface area (Å²) in [7, 11) is 0. The molecule has 0 amide bonds. The summed E-state index contributed by atoms with van der Waals surface area (Å²) in [5, 5.41) is 13.5. The van der Waals surface area contributed by atoms with E-state index in [4.69, 9.17) is 9.26 Å². The molecule has 0 saturated carbocycles. The van der Waals surface area contributed by atoms with Crippen molar-refractivity contribution >= 4 is 11.8 Å². The minimum atomic E-state index is -0.284. The second-order valence-corrected chi connectivity index (χ2v) is 8.95. The van der Waals surface area contributed by atoms with Crippen LogP contribution in [-0.4, -0.2) is 37.6 Å². The maximum atomic E-state index is 13.4. The normalized spacial score (nSPS) is 17.0. The van der Waals surface area contributed by atoms with Crippen LogP contribution in [0.25, 0.3) is 22.8 Å². The van der Waals surface area contributed by atoms with Gasteiger partial charge < -0.3 is 9.26 Å². The van der Waals surface area contributed by atoms with Crippen molar-refractivity contribution in [2.75, 3.05) is 6.61 Å². The molecule has 1 aliphatic rings. The van der Waals surface area contributed by atoms with Crippen molar-refractivity contribution in [1.82, 2.24) is 24.9 Å². The lowest BCUT2D eigenvalue weighted by molar-refractivity contribution is 0.0953. The lowest BCUT2D eigenvalue weighted by Gasteiger charge is -2.15. The fourth-order valence-electron chi connectivity index (χ4n) is 3.66. The van der Waals surface area contributed by atoms with Crippen molar-refractivity contribution < 1.29 is 13.7 Å². The Morgan fingerprint density at radius 1 is 1.09 bits per heavy atom. The van der Waals surface area contributed by atoms with Gasteiger partial charge in [0.1, 0.15) is 5.82 Å². The van der Waals surface area contributed by atoms with Crippen molar-refractivity contribution in [2.45, 2.75) is 42.8 Å². The lowest BCUT2D eigenvalue weighted by atomic mass is 10.2. The minimum Gasteiger partial charge on any atom is -0.376 e. The molecule has 0 bridgehead atoms. The molecule has 1 saturated heterocycles. The Morgan fingerprint density at radius 2 is 1.91 bits per heavy atom. The monoisotopic (exact) mass is 451 g/mol. The van der Waals surface area contributed by atoms with Crippen LogP contribution in [0.2, 0.25) is 0 Å². The standard InChI is InChI=1S/C23H22FN5O2S/c1-15(22-25-20(28-31-22)16-6-3-2-4-7-16)32-23-27-26-21(17-9-11-18(24)12-10-17)29(23)14-19-8-5-13-30-19/h2-4,6-7,9-12,15,19H,5,8,13-14H2,1H3. The third-order valence-electron chi connectivity index (χ3n) is 5.33. The quantitative estimate of drug-likeness (QED) is 0.359. The second kappa shape index (κ2) is 9.22. The molecule has 7 nitrogen and oxygen atoms in total. The predicted octanol–water partition coefficient (Wildman–Crippen LogP) is 5.17. The summed E-state index contributed by atoms with van der Waals surface area (Å²) in [6.45, 7) is 3.39. The zero-order valence-electron chi connectivity index (χ0n) is 17.5. The number of aromatic nitrogens is 5. The molecule has 3 heterocycles. The Morgan fingerprint density at radius 3 is 2.66 bits per heavy atom. The first-order valence-corrected chi connectivity index (χ1v) is 11.4. The third kappa shape index (κ3) is 4.44. The van der Waals surface area contributed by atoms with Crippen LogP contribution >= 0.6 is 11.8 Å². The molecule has 1 aliphatic heterocycles. The van der Waals surface area contributed by atoms with E-state index in [2.05, 4.69) is 20.3 Å². The Balaban J connectivity index is 1.41. The molecule has 0 spiro atoms. The van der Waals surface area contributed by atoms with Gasteiger partial charge in [-0.3, -0.25) is 4.57 Å². The van der Waals surface area contributed by atoms with Gasteiger partial charge in [0.05, 0.1) is 17.9 Å². The summed E-state index contributed by atoms with van der Waals surface area (Å²) >= 11 is 1.50. The average Bonchev–Trinajstić information content (AvgIpc) is 3.58. The Hall–Kier alpha value is -3.04. The van der Waals surface area contributed by atoms with Gasteiger partial charge in [-0.1, -0.05) is 47.3 Å². The van der Waals surface area contributed by atoms with Crippen LogP contribution in [-0.2, 0) is 11.3 Å². The van der Waals surface area contributed by atoms with Gasteiger partial charge in [-0.05, 0) is 44.0 Å². The minimum absolute atomic E-state index is 0.105. The van der Waals surface area contributed by atoms with Crippen molar-refractivity contribution in [1.29, 1.82) is 0 Å². The number of hydrogen-bond acceptors (Lipinski definition) is 7. The molecule has 0 aliphatic carbocycles. The largest absolute Gasteiger partial charge is 0.376 e. The lowest BCUT2D eigenvalue weighted by Crippen LogP contribution is -2.16. The van der Waals surface area contributed by atoms with E-state index in [1.54, 1.807) is 12.1 Å². The molecule has 2 atom stereocenters. The number of halogens is 1. The fraction of sp³-hybridized carbons (Fsp3) is 0.304. The van der Waals surface area contributed by atoms with Crippen molar-refractivity contribution in [3.63, 3.8) is 0 Å². The Bertz CT molecular complexity index is 1170. The van der Waals surface area contributed by atoms with Gasteiger partial charge in [0.2, 0.25) is 11.7 Å². The molecule has 164 valence electrons. The van der Waals surface area contributed by atoms with Crippen molar-refractivity contribution in [2.24, 2.45) is 0 Å². The van der Waals surface area contributed by atoms with Crippen LogP contribution in [0.15, 0.2) is 64.3 Å². The van der Waals surface area contributed by atoms with E-state index in [1.165, 1.54) is 23.9 Å². The van der Waals surface area contributed by atoms with E-state index in [-0.39, 0.29) is 17.2 Å². The van der Waals surface area contributed by atoms with Crippen molar-refractivity contribution in [3.8, 4) is 22.8 Å². The van der Waals surface area contributed by atoms with E-state index in [9.17, 15) is 4.39 Å². The second-order valence-electron chi connectivity index (χ2n) is 7.64. The van der Waals surface area contributed by atoms with Crippen LogP contribution in [0.3, 0.4) is 0 Å². The summed E-state index contributed by atoms with van der Waals surface area (Å²) in [4.78, 5) is 4.56. The fourth-order valence-corrected chi connectivity index (χ4v) is 4.55. The SMILES string of the molecule is CC(Sc1nnc(-c2ccc(F)cc2)n1CC1CCCO1)c1nc(-c2ccccc2)no1. The molecule has 4 aromatic rings. The first kappa shape index (κ1) is 20.8. The number of hydrogen-bond donors (Lipinski definition) is 0. The molecule has 32 heavy (non-hydrogen) atoms. The van der Waals surface area contributed by atoms with Crippen molar-refractivity contribution in [3.05, 3.63) is 66.3 Å². The summed E-state index contributed by atoms with van der Waals surface area (Å²) < 4.78 is 26.8. The first-order valence-electron chi connectivity index (χ1n) is 10.5. The van der Waals surface area contributed by atoms with Gasteiger partial charge in [-0.15, -0.1) is 10.2 Å². The van der Waals surface area contributed by atoms with Crippen LogP contribution in [0.4, 0.5) is 4.39 Å². The Kier molecular flexibility index (Phi) is 6.00. The highest BCUT2D eigenvalue weighted by Crippen LogP contribution is 2.36. The number of rotatable bonds is 7. The van der Waals surface area contributed by atoms with Crippen LogP contribution in [0, 0.1) is 5.82 Å². The maximum Gasteiger partial charge on any atom is 0.240 e. The van der Waals surface area contributed by atoms with E-state index < -0.39 is 0 Å². The maximum absolute atomic E-state index is 13.4. The zero-order valence-corrected chi connectivity index (χ0v) is 18.3. The summed E-state index contributed by atoms with van der Waals surface area (Å²) in [5.74, 6) is 1.48. The van der Waals surface area contributed by atoms with Crippen LogP contribution in [0.1, 0.15) is 30.9 Å². The molecule has 2 aromatic heterocycles. The molecular weight excluding hydrogens is 429 g/mol. The molecule has 9 heteroatoms. The average molecular weight is 452 g/mol. The van der Waals surface area contributed by atoms with Gasteiger partial charge in [0.25, 0.3) is 0 Å². The van der Waals surface area contributed by atoms with Gasteiger partial charge in [0.15, 0.2) is 11.0 Å². The first-order chi connectivity index (χ1) is 15.7. The van der Waals surface area contributed by atoms with E-state index in [0.29, 0.717) is 24.1 Å². The van der Waals surface area contributed by atoms with E-state index in [0.717, 1.165) is 35.7 Å². The summed E-state index contributed by atoms with van der Waals surface area (Å²) in [5.41, 5.74) is 1.71. The third-order valence-corrected chi connectivity index (χ3v) is 6.40. The number of thioether (sulfide) groups is 1. The highest BCUT2D eigenvalue weighted by atomic mass is 32.2. The zero-order chi connectivity index (χ0) is 21.9. The summed E-state index contributed by atoms with van der Waals surface area (Å²) in [6.07, 6.45) is 2.14. The molecule has 5 rings (SSSR count). The smallest absolute Gasteiger partial charge is 0.240 e. The number of nitrogens with zero attached hydrogens (tertiary/aromatic N) is 5. The molecule has 2 unspecified atom stereocenters. The van der Waals surface area contributed by atoms with Gasteiger partial charge in [0, 0.05) is 17.7 Å². The van der Waals surface area contributed by atoms with E-state index >= 15 is 0 Å². The van der Waals surface area contributed by atoms with Gasteiger partial charge >= 0.3 is 0 Å². The number of benzene rings is 2. The molecular formula is C23H22FN5O2S. The molecule has 2 aromatic carbocycles. The number of ether oxygens (including phenoxy) is 1. The van der Waals surface area contributed by atoms with Gasteiger partial charge in [-0.2, -0.15) is 4.98 Å². The predicted molar refractivity (Wildman–Crippen MR) is 118 cm³/mol. The highest BCUT2D eigenvalue weighted by Gasteiger charge is 2.25.